The summed E-state index contributed by atoms with van der Waals surface area (Å²) in [7, 11) is 0. The van der Waals surface area contributed by atoms with Gasteiger partial charge in [0, 0.05) is 19.6 Å². The van der Waals surface area contributed by atoms with Crippen molar-refractivity contribution in [2.45, 2.75) is 19.0 Å². The molecule has 2 aliphatic rings. The SMILES string of the molecule is CC1NC(=O)C2CNCCN2C1=O. The quantitative estimate of drug-likeness (QED) is 0.471. The van der Waals surface area contributed by atoms with Gasteiger partial charge in [0.2, 0.25) is 11.8 Å². The molecule has 2 heterocycles. The fraction of sp³-hybridized carbons (Fsp3) is 0.750. The fourth-order valence-electron chi connectivity index (χ4n) is 1.82. The summed E-state index contributed by atoms with van der Waals surface area (Å²) in [6.07, 6.45) is 0. The summed E-state index contributed by atoms with van der Waals surface area (Å²) in [4.78, 5) is 24.7. The van der Waals surface area contributed by atoms with Crippen molar-refractivity contribution in [3.8, 4) is 0 Å². The van der Waals surface area contributed by atoms with Crippen LogP contribution in [0.1, 0.15) is 6.92 Å². The van der Waals surface area contributed by atoms with Crippen LogP contribution in [0.2, 0.25) is 0 Å². The molecule has 2 amide bonds. The molecule has 0 saturated carbocycles. The van der Waals surface area contributed by atoms with E-state index >= 15 is 0 Å². The summed E-state index contributed by atoms with van der Waals surface area (Å²) in [6.45, 7) is 3.71. The van der Waals surface area contributed by atoms with Crippen molar-refractivity contribution in [1.29, 1.82) is 0 Å². The van der Waals surface area contributed by atoms with Crippen molar-refractivity contribution in [2.75, 3.05) is 19.6 Å². The molecular formula is C8H13N3O2. The van der Waals surface area contributed by atoms with Gasteiger partial charge in [0.25, 0.3) is 0 Å². The van der Waals surface area contributed by atoms with Gasteiger partial charge in [-0.1, -0.05) is 0 Å². The van der Waals surface area contributed by atoms with E-state index in [4.69, 9.17) is 0 Å². The van der Waals surface area contributed by atoms with E-state index in [-0.39, 0.29) is 23.9 Å². The van der Waals surface area contributed by atoms with Gasteiger partial charge in [-0.05, 0) is 6.92 Å². The van der Waals surface area contributed by atoms with E-state index in [0.717, 1.165) is 6.54 Å². The van der Waals surface area contributed by atoms with Crippen LogP contribution in [0.5, 0.6) is 0 Å². The predicted octanol–water partition coefficient (Wildman–Crippen LogP) is -1.69. The molecule has 2 N–H and O–H groups in total. The molecule has 0 aromatic rings. The van der Waals surface area contributed by atoms with Crippen LogP contribution in [0.25, 0.3) is 0 Å². The Balaban J connectivity index is 2.19. The van der Waals surface area contributed by atoms with Gasteiger partial charge in [-0.3, -0.25) is 9.59 Å². The Bertz CT molecular complexity index is 254. The average Bonchev–Trinajstić information content (AvgIpc) is 2.15. The Morgan fingerprint density at radius 3 is 3.00 bits per heavy atom. The molecule has 0 radical (unpaired) electrons. The molecule has 0 aromatic heterocycles. The number of carbonyl (C=O) groups excluding carboxylic acids is 2. The Kier molecular flexibility index (Phi) is 1.95. The van der Waals surface area contributed by atoms with Crippen LogP contribution >= 0.6 is 0 Å². The van der Waals surface area contributed by atoms with E-state index in [0.29, 0.717) is 13.1 Å². The van der Waals surface area contributed by atoms with E-state index in [1.165, 1.54) is 0 Å². The lowest BCUT2D eigenvalue weighted by Gasteiger charge is -2.40. The summed E-state index contributed by atoms with van der Waals surface area (Å²) in [5, 5.41) is 5.75. The van der Waals surface area contributed by atoms with Gasteiger partial charge in [0.1, 0.15) is 12.1 Å². The topological polar surface area (TPSA) is 61.4 Å². The molecule has 0 aliphatic carbocycles. The van der Waals surface area contributed by atoms with Crippen LogP contribution in [0.15, 0.2) is 0 Å². The van der Waals surface area contributed by atoms with Crippen LogP contribution in [-0.4, -0.2) is 48.4 Å². The molecule has 13 heavy (non-hydrogen) atoms. The number of hydrogen-bond donors (Lipinski definition) is 2. The fourth-order valence-corrected chi connectivity index (χ4v) is 1.82. The minimum Gasteiger partial charge on any atom is -0.343 e. The molecule has 0 bridgehead atoms. The number of nitrogens with one attached hydrogen (secondary N) is 2. The lowest BCUT2D eigenvalue weighted by Crippen LogP contribution is -2.68. The first kappa shape index (κ1) is 8.50. The van der Waals surface area contributed by atoms with Gasteiger partial charge in [0.15, 0.2) is 0 Å². The second kappa shape index (κ2) is 2.99. The van der Waals surface area contributed by atoms with Crippen LogP contribution in [0.4, 0.5) is 0 Å². The molecule has 2 unspecified atom stereocenters. The Morgan fingerprint density at radius 1 is 1.46 bits per heavy atom. The number of rotatable bonds is 0. The second-order valence-electron chi connectivity index (χ2n) is 3.48. The van der Waals surface area contributed by atoms with Crippen molar-refractivity contribution < 1.29 is 9.59 Å². The smallest absolute Gasteiger partial charge is 0.245 e. The number of fused-ring (bicyclic) bond motifs is 1. The Hall–Kier alpha value is -1.10. The molecule has 0 spiro atoms. The van der Waals surface area contributed by atoms with Gasteiger partial charge < -0.3 is 15.5 Å². The van der Waals surface area contributed by atoms with Crippen LogP contribution in [0, 0.1) is 0 Å². The predicted molar refractivity (Wildman–Crippen MR) is 46.0 cm³/mol. The summed E-state index contributed by atoms with van der Waals surface area (Å²) in [6, 6.07) is -0.653. The zero-order valence-electron chi connectivity index (χ0n) is 7.54. The largest absolute Gasteiger partial charge is 0.343 e. The highest BCUT2D eigenvalue weighted by Gasteiger charge is 2.39. The van der Waals surface area contributed by atoms with Gasteiger partial charge in [0.05, 0.1) is 0 Å². The van der Waals surface area contributed by atoms with Crippen molar-refractivity contribution in [3.63, 3.8) is 0 Å². The molecule has 72 valence electrons. The van der Waals surface area contributed by atoms with E-state index in [1.54, 1.807) is 11.8 Å². The number of amides is 2. The van der Waals surface area contributed by atoms with Crippen molar-refractivity contribution in [3.05, 3.63) is 0 Å². The molecule has 2 rings (SSSR count). The standard InChI is InChI=1S/C8H13N3O2/c1-5-8(13)11-3-2-9-4-6(11)7(12)10-5/h5-6,9H,2-4H2,1H3,(H,10,12). The third-order valence-electron chi connectivity index (χ3n) is 2.56. The number of piperazine rings is 2. The first-order valence-corrected chi connectivity index (χ1v) is 4.52. The lowest BCUT2D eigenvalue weighted by atomic mass is 10.1. The minimum atomic E-state index is -0.359. The molecule has 2 fully saturated rings. The Morgan fingerprint density at radius 2 is 2.23 bits per heavy atom. The highest BCUT2D eigenvalue weighted by atomic mass is 16.2. The maximum absolute atomic E-state index is 11.6. The highest BCUT2D eigenvalue weighted by molar-refractivity contribution is 5.97. The van der Waals surface area contributed by atoms with Gasteiger partial charge in [-0.25, -0.2) is 0 Å². The maximum Gasteiger partial charge on any atom is 0.245 e. The van der Waals surface area contributed by atoms with Crippen molar-refractivity contribution in [1.82, 2.24) is 15.5 Å². The Labute approximate surface area is 76.5 Å². The summed E-state index contributed by atoms with van der Waals surface area (Å²) in [5.74, 6) is -0.00889. The molecule has 0 aromatic carbocycles. The van der Waals surface area contributed by atoms with Crippen LogP contribution < -0.4 is 10.6 Å². The van der Waals surface area contributed by atoms with Gasteiger partial charge in [-0.15, -0.1) is 0 Å². The molecule has 2 saturated heterocycles. The highest BCUT2D eigenvalue weighted by Crippen LogP contribution is 2.11. The second-order valence-corrected chi connectivity index (χ2v) is 3.48. The van der Waals surface area contributed by atoms with Crippen LogP contribution in [0.3, 0.4) is 0 Å². The van der Waals surface area contributed by atoms with E-state index < -0.39 is 0 Å². The maximum atomic E-state index is 11.6. The first-order valence-electron chi connectivity index (χ1n) is 4.52. The monoisotopic (exact) mass is 183 g/mol. The zero-order chi connectivity index (χ0) is 9.42. The third-order valence-corrected chi connectivity index (χ3v) is 2.56. The van der Waals surface area contributed by atoms with Crippen molar-refractivity contribution in [2.24, 2.45) is 0 Å². The lowest BCUT2D eigenvalue weighted by molar-refractivity contribution is -0.149. The third kappa shape index (κ3) is 1.29. The molecule has 2 aliphatic heterocycles. The van der Waals surface area contributed by atoms with E-state index in [1.807, 2.05) is 0 Å². The number of nitrogens with zero attached hydrogens (tertiary/aromatic N) is 1. The zero-order valence-corrected chi connectivity index (χ0v) is 7.54. The molecular weight excluding hydrogens is 170 g/mol. The minimum absolute atomic E-state index is 0.0334. The first-order chi connectivity index (χ1) is 6.20. The average molecular weight is 183 g/mol. The van der Waals surface area contributed by atoms with Crippen molar-refractivity contribution >= 4 is 11.8 Å². The summed E-state index contributed by atoms with van der Waals surface area (Å²) in [5.41, 5.74) is 0. The molecule has 2 atom stereocenters. The van der Waals surface area contributed by atoms with Crippen LogP contribution in [-0.2, 0) is 9.59 Å². The van der Waals surface area contributed by atoms with Gasteiger partial charge in [-0.2, -0.15) is 0 Å². The molecule has 5 heteroatoms. The number of hydrogen-bond acceptors (Lipinski definition) is 3. The number of carbonyl (C=O) groups is 2. The van der Waals surface area contributed by atoms with E-state index in [2.05, 4.69) is 10.6 Å². The summed E-state index contributed by atoms with van der Waals surface area (Å²) < 4.78 is 0. The summed E-state index contributed by atoms with van der Waals surface area (Å²) >= 11 is 0. The normalized spacial score (nSPS) is 34.1. The van der Waals surface area contributed by atoms with E-state index in [9.17, 15) is 9.59 Å². The molecule has 5 nitrogen and oxygen atoms in total. The van der Waals surface area contributed by atoms with Gasteiger partial charge >= 0.3 is 0 Å².